The van der Waals surface area contributed by atoms with E-state index >= 15 is 0 Å². The molecule has 27 heavy (non-hydrogen) atoms. The van der Waals surface area contributed by atoms with Crippen LogP contribution in [0.2, 0.25) is 15.1 Å². The van der Waals surface area contributed by atoms with Gasteiger partial charge in [0.15, 0.2) is 5.78 Å². The molecule has 0 bridgehead atoms. The summed E-state index contributed by atoms with van der Waals surface area (Å²) >= 11 is 18.3. The number of Topliss-reactive ketones (excluding diaryl/α,β-unsaturated/α-hetero) is 1. The minimum Gasteiger partial charge on any atom is -0.374 e. The first kappa shape index (κ1) is 20.0. The number of nitrogens with one attached hydrogen (secondary N) is 2. The number of carbonyl (C=O) groups is 2. The lowest BCUT2D eigenvalue weighted by Crippen LogP contribution is -2.33. The van der Waals surface area contributed by atoms with Crippen LogP contribution in [0.4, 0.5) is 11.4 Å². The van der Waals surface area contributed by atoms with E-state index in [-0.39, 0.29) is 24.2 Å². The van der Waals surface area contributed by atoms with Gasteiger partial charge in [-0.3, -0.25) is 9.59 Å². The number of aryl methyl sites for hydroxylation is 1. The van der Waals surface area contributed by atoms with Crippen molar-refractivity contribution in [2.45, 2.75) is 38.1 Å². The molecule has 1 heterocycles. The van der Waals surface area contributed by atoms with Gasteiger partial charge in [-0.25, -0.2) is 0 Å². The lowest BCUT2D eigenvalue weighted by atomic mass is 9.93. The highest BCUT2D eigenvalue weighted by Gasteiger charge is 2.25. The molecule has 0 saturated heterocycles. The minimum absolute atomic E-state index is 0.0808. The van der Waals surface area contributed by atoms with E-state index in [0.717, 1.165) is 17.7 Å². The molecule has 3 rings (SSSR count). The SMILES string of the molecule is O=C(CCCC(=O)C1CCc2cc(Cl)cc(Cl)c2N1)Nc1ccccc1Cl. The van der Waals surface area contributed by atoms with Crippen molar-refractivity contribution in [2.24, 2.45) is 0 Å². The number of carbonyl (C=O) groups excluding carboxylic acids is 2. The molecule has 2 N–H and O–H groups in total. The summed E-state index contributed by atoms with van der Waals surface area (Å²) in [5, 5.41) is 7.59. The summed E-state index contributed by atoms with van der Waals surface area (Å²) in [6, 6.07) is 10.3. The van der Waals surface area contributed by atoms with Gasteiger partial charge in [-0.15, -0.1) is 0 Å². The zero-order valence-electron chi connectivity index (χ0n) is 14.5. The molecular formula is C20H19Cl3N2O2. The number of anilines is 2. The first-order valence-electron chi connectivity index (χ1n) is 8.75. The van der Waals surface area contributed by atoms with Crippen LogP contribution >= 0.6 is 34.8 Å². The molecule has 0 aromatic heterocycles. The standard InChI is InChI=1S/C20H19Cl3N2O2/c21-13-10-12-8-9-17(25-20(12)15(23)11-13)18(26)6-3-7-19(27)24-16-5-2-1-4-14(16)22/h1-2,4-5,10-11,17,25H,3,6-9H2,(H,24,27). The van der Waals surface area contributed by atoms with Gasteiger partial charge in [-0.05, 0) is 49.1 Å². The van der Waals surface area contributed by atoms with E-state index in [4.69, 9.17) is 34.8 Å². The molecule has 1 amide bonds. The molecule has 142 valence electrons. The Morgan fingerprint density at radius 2 is 1.85 bits per heavy atom. The van der Waals surface area contributed by atoms with Crippen molar-refractivity contribution in [3.63, 3.8) is 0 Å². The minimum atomic E-state index is -0.289. The van der Waals surface area contributed by atoms with Crippen LogP contribution in [0.5, 0.6) is 0 Å². The van der Waals surface area contributed by atoms with Gasteiger partial charge in [0.2, 0.25) is 5.91 Å². The van der Waals surface area contributed by atoms with Crippen molar-refractivity contribution in [1.29, 1.82) is 0 Å². The molecule has 7 heteroatoms. The van der Waals surface area contributed by atoms with E-state index in [2.05, 4.69) is 10.6 Å². The Balaban J connectivity index is 1.48. The Labute approximate surface area is 173 Å². The number of rotatable bonds is 6. The number of amides is 1. The highest BCUT2D eigenvalue weighted by molar-refractivity contribution is 6.36. The van der Waals surface area contributed by atoms with Gasteiger partial charge >= 0.3 is 0 Å². The molecule has 0 aliphatic carbocycles. The third kappa shape index (κ3) is 5.16. The quantitative estimate of drug-likeness (QED) is 0.619. The Hall–Kier alpha value is -1.75. The van der Waals surface area contributed by atoms with Crippen molar-refractivity contribution >= 4 is 57.9 Å². The fourth-order valence-corrected chi connectivity index (χ4v) is 3.92. The first-order chi connectivity index (χ1) is 12.9. The van der Waals surface area contributed by atoms with Crippen LogP contribution in [-0.2, 0) is 16.0 Å². The summed E-state index contributed by atoms with van der Waals surface area (Å²) < 4.78 is 0. The van der Waals surface area contributed by atoms with Crippen molar-refractivity contribution in [2.75, 3.05) is 10.6 Å². The van der Waals surface area contributed by atoms with Gasteiger partial charge in [0.05, 0.1) is 27.5 Å². The fraction of sp³-hybridized carbons (Fsp3) is 0.300. The van der Waals surface area contributed by atoms with Gasteiger partial charge in [0, 0.05) is 17.9 Å². The molecule has 0 saturated carbocycles. The van der Waals surface area contributed by atoms with Crippen molar-refractivity contribution in [3.8, 4) is 0 Å². The average Bonchev–Trinajstić information content (AvgIpc) is 2.63. The van der Waals surface area contributed by atoms with Crippen LogP contribution in [0.3, 0.4) is 0 Å². The first-order valence-corrected chi connectivity index (χ1v) is 9.89. The second-order valence-electron chi connectivity index (χ2n) is 6.51. The summed E-state index contributed by atoms with van der Waals surface area (Å²) in [4.78, 5) is 24.5. The van der Waals surface area contributed by atoms with Gasteiger partial charge in [0.1, 0.15) is 0 Å². The highest BCUT2D eigenvalue weighted by atomic mass is 35.5. The number of ketones is 1. The second kappa shape index (κ2) is 8.96. The maximum atomic E-state index is 12.5. The predicted molar refractivity (Wildman–Crippen MR) is 111 cm³/mol. The lowest BCUT2D eigenvalue weighted by Gasteiger charge is -2.27. The molecule has 1 unspecified atom stereocenters. The Morgan fingerprint density at radius 1 is 1.07 bits per heavy atom. The third-order valence-electron chi connectivity index (χ3n) is 4.52. The summed E-state index contributed by atoms with van der Waals surface area (Å²) in [6.45, 7) is 0. The van der Waals surface area contributed by atoms with Gasteiger partial charge in [0.25, 0.3) is 0 Å². The van der Waals surface area contributed by atoms with E-state index in [1.54, 1.807) is 30.3 Å². The molecule has 1 aliphatic rings. The normalized spacial score (nSPS) is 15.6. The maximum Gasteiger partial charge on any atom is 0.224 e. The topological polar surface area (TPSA) is 58.2 Å². The Morgan fingerprint density at radius 3 is 2.63 bits per heavy atom. The van der Waals surface area contributed by atoms with Gasteiger partial charge < -0.3 is 10.6 Å². The molecule has 0 spiro atoms. The van der Waals surface area contributed by atoms with Crippen LogP contribution < -0.4 is 10.6 Å². The zero-order chi connectivity index (χ0) is 19.4. The fourth-order valence-electron chi connectivity index (χ4n) is 3.15. The summed E-state index contributed by atoms with van der Waals surface area (Å²) in [7, 11) is 0. The van der Waals surface area contributed by atoms with Crippen LogP contribution in [0, 0.1) is 0 Å². The third-order valence-corrected chi connectivity index (χ3v) is 5.37. The van der Waals surface area contributed by atoms with Crippen LogP contribution in [0.25, 0.3) is 0 Å². The van der Waals surface area contributed by atoms with Gasteiger partial charge in [-0.1, -0.05) is 46.9 Å². The van der Waals surface area contributed by atoms with Crippen LogP contribution in [0.1, 0.15) is 31.2 Å². The van der Waals surface area contributed by atoms with E-state index in [0.29, 0.717) is 40.0 Å². The van der Waals surface area contributed by atoms with E-state index in [1.165, 1.54) is 0 Å². The van der Waals surface area contributed by atoms with E-state index < -0.39 is 0 Å². The number of para-hydroxylation sites is 1. The number of benzene rings is 2. The zero-order valence-corrected chi connectivity index (χ0v) is 16.8. The highest BCUT2D eigenvalue weighted by Crippen LogP contribution is 2.35. The Kier molecular flexibility index (Phi) is 6.64. The lowest BCUT2D eigenvalue weighted by molar-refractivity contribution is -0.120. The number of hydrogen-bond acceptors (Lipinski definition) is 3. The predicted octanol–water partition coefficient (Wildman–Crippen LogP) is 5.75. The largest absolute Gasteiger partial charge is 0.374 e. The summed E-state index contributed by atoms with van der Waals surface area (Å²) in [6.07, 6.45) is 2.50. The number of hydrogen-bond donors (Lipinski definition) is 2. The monoisotopic (exact) mass is 424 g/mol. The average molecular weight is 426 g/mol. The van der Waals surface area contributed by atoms with Gasteiger partial charge in [-0.2, -0.15) is 0 Å². The Bertz CT molecular complexity index is 870. The molecule has 4 nitrogen and oxygen atoms in total. The number of fused-ring (bicyclic) bond motifs is 1. The second-order valence-corrected chi connectivity index (χ2v) is 7.76. The van der Waals surface area contributed by atoms with Crippen molar-refractivity contribution < 1.29 is 9.59 Å². The molecule has 1 aliphatic heterocycles. The maximum absolute atomic E-state index is 12.5. The molecule has 2 aromatic carbocycles. The molecule has 0 fully saturated rings. The van der Waals surface area contributed by atoms with E-state index in [9.17, 15) is 9.59 Å². The molecule has 1 atom stereocenters. The van der Waals surface area contributed by atoms with E-state index in [1.807, 2.05) is 6.07 Å². The van der Waals surface area contributed by atoms with Crippen molar-refractivity contribution in [3.05, 3.63) is 57.0 Å². The molecular weight excluding hydrogens is 407 g/mol. The number of halogens is 3. The smallest absolute Gasteiger partial charge is 0.224 e. The summed E-state index contributed by atoms with van der Waals surface area (Å²) in [5.74, 6) is -0.0762. The molecule has 0 radical (unpaired) electrons. The summed E-state index contributed by atoms with van der Waals surface area (Å²) in [5.41, 5.74) is 2.38. The molecule has 2 aromatic rings. The van der Waals surface area contributed by atoms with Crippen LogP contribution in [-0.4, -0.2) is 17.7 Å². The van der Waals surface area contributed by atoms with Crippen molar-refractivity contribution in [1.82, 2.24) is 0 Å². The van der Waals surface area contributed by atoms with Crippen LogP contribution in [0.15, 0.2) is 36.4 Å².